The normalized spacial score (nSPS) is 23.0. The first kappa shape index (κ1) is 17.4. The maximum Gasteiger partial charge on any atom is 0.230 e. The van der Waals surface area contributed by atoms with E-state index in [1.54, 1.807) is 19.2 Å². The third-order valence-corrected chi connectivity index (χ3v) is 5.57. The highest BCUT2D eigenvalue weighted by Gasteiger charge is 2.45. The molecule has 1 saturated heterocycles. The van der Waals surface area contributed by atoms with Gasteiger partial charge in [-0.3, -0.25) is 4.79 Å². The van der Waals surface area contributed by atoms with Crippen molar-refractivity contribution in [2.75, 3.05) is 39.9 Å². The number of ether oxygens (including phenoxy) is 1. The number of nitrogens with zero attached hydrogens (tertiary/aromatic N) is 1. The highest BCUT2D eigenvalue weighted by atomic mass is 19.1. The van der Waals surface area contributed by atoms with E-state index in [2.05, 4.69) is 10.2 Å². The van der Waals surface area contributed by atoms with E-state index in [0.29, 0.717) is 5.92 Å². The van der Waals surface area contributed by atoms with Gasteiger partial charge in [-0.15, -0.1) is 0 Å². The fourth-order valence-corrected chi connectivity index (χ4v) is 3.86. The van der Waals surface area contributed by atoms with Gasteiger partial charge in [0.05, 0.1) is 12.0 Å². The number of halogens is 1. The number of rotatable bonds is 7. The summed E-state index contributed by atoms with van der Waals surface area (Å²) in [7, 11) is 1.72. The standard InChI is InChI=1S/C19H27FN2O2/c1-24-12-11-22-10-7-15(14-22)13-21-18(23)19(8-2-9-19)16-3-5-17(20)6-4-16/h3-6,15H,2,7-14H2,1H3,(H,21,23)/t15-/m0/s1. The summed E-state index contributed by atoms with van der Waals surface area (Å²) >= 11 is 0. The topological polar surface area (TPSA) is 41.6 Å². The fraction of sp³-hybridized carbons (Fsp3) is 0.632. The SMILES string of the molecule is COCCN1CC[C@@H](CNC(=O)C2(c3ccc(F)cc3)CCC2)C1. The molecule has 4 nitrogen and oxygen atoms in total. The summed E-state index contributed by atoms with van der Waals surface area (Å²) < 4.78 is 18.3. The summed E-state index contributed by atoms with van der Waals surface area (Å²) in [6, 6.07) is 6.42. The van der Waals surface area contributed by atoms with E-state index in [1.807, 2.05) is 0 Å². The number of benzene rings is 1. The molecular weight excluding hydrogens is 307 g/mol. The minimum atomic E-state index is -0.442. The maximum atomic E-state index is 13.2. The van der Waals surface area contributed by atoms with Gasteiger partial charge >= 0.3 is 0 Å². The van der Waals surface area contributed by atoms with E-state index >= 15 is 0 Å². The van der Waals surface area contributed by atoms with Gasteiger partial charge in [0.15, 0.2) is 0 Å². The molecule has 1 N–H and O–H groups in total. The van der Waals surface area contributed by atoms with Gasteiger partial charge in [0.1, 0.15) is 5.82 Å². The Morgan fingerprint density at radius 3 is 2.75 bits per heavy atom. The van der Waals surface area contributed by atoms with Gasteiger partial charge in [0.2, 0.25) is 5.91 Å². The third-order valence-electron chi connectivity index (χ3n) is 5.57. The van der Waals surface area contributed by atoms with Gasteiger partial charge in [-0.1, -0.05) is 18.6 Å². The van der Waals surface area contributed by atoms with E-state index in [4.69, 9.17) is 4.74 Å². The van der Waals surface area contributed by atoms with Crippen molar-refractivity contribution in [1.82, 2.24) is 10.2 Å². The summed E-state index contributed by atoms with van der Waals surface area (Å²) in [5.74, 6) is 0.364. The van der Waals surface area contributed by atoms with Crippen LogP contribution in [0.1, 0.15) is 31.2 Å². The second kappa shape index (κ2) is 7.62. The van der Waals surface area contributed by atoms with Crippen molar-refractivity contribution in [2.24, 2.45) is 5.92 Å². The molecule has 1 saturated carbocycles. The Hall–Kier alpha value is -1.46. The van der Waals surface area contributed by atoms with Gasteiger partial charge in [-0.05, 0) is 49.4 Å². The molecule has 24 heavy (non-hydrogen) atoms. The van der Waals surface area contributed by atoms with E-state index in [-0.39, 0.29) is 11.7 Å². The lowest BCUT2D eigenvalue weighted by Gasteiger charge is -2.41. The van der Waals surface area contributed by atoms with Crippen LogP contribution in [0.3, 0.4) is 0 Å². The van der Waals surface area contributed by atoms with Crippen molar-refractivity contribution in [3.05, 3.63) is 35.6 Å². The highest BCUT2D eigenvalue weighted by Crippen LogP contribution is 2.44. The van der Waals surface area contributed by atoms with Crippen LogP contribution < -0.4 is 5.32 Å². The predicted molar refractivity (Wildman–Crippen MR) is 91.4 cm³/mol. The van der Waals surface area contributed by atoms with Gasteiger partial charge in [-0.25, -0.2) is 4.39 Å². The number of carbonyl (C=O) groups is 1. The lowest BCUT2D eigenvalue weighted by atomic mass is 9.64. The Kier molecular flexibility index (Phi) is 5.51. The van der Waals surface area contributed by atoms with Crippen LogP contribution in [-0.4, -0.2) is 50.7 Å². The molecule has 1 atom stereocenters. The molecule has 1 aliphatic carbocycles. The molecular formula is C19H27FN2O2. The van der Waals surface area contributed by atoms with Crippen molar-refractivity contribution < 1.29 is 13.9 Å². The average Bonchev–Trinajstić information content (AvgIpc) is 2.99. The molecule has 0 radical (unpaired) electrons. The number of carbonyl (C=O) groups excluding carboxylic acids is 1. The van der Waals surface area contributed by atoms with E-state index in [0.717, 1.165) is 64.0 Å². The minimum absolute atomic E-state index is 0.107. The van der Waals surface area contributed by atoms with Crippen LogP contribution in [0.15, 0.2) is 24.3 Å². The zero-order valence-corrected chi connectivity index (χ0v) is 14.4. The van der Waals surface area contributed by atoms with E-state index in [9.17, 15) is 9.18 Å². The van der Waals surface area contributed by atoms with Gasteiger partial charge in [0, 0.05) is 26.7 Å². The molecule has 0 spiro atoms. The van der Waals surface area contributed by atoms with E-state index in [1.165, 1.54) is 12.1 Å². The number of amides is 1. The Balaban J connectivity index is 1.53. The summed E-state index contributed by atoms with van der Waals surface area (Å²) in [6.45, 7) is 4.54. The molecule has 3 rings (SSSR count). The van der Waals surface area contributed by atoms with Crippen molar-refractivity contribution in [3.8, 4) is 0 Å². The van der Waals surface area contributed by atoms with Crippen LogP contribution in [0.4, 0.5) is 4.39 Å². The summed E-state index contributed by atoms with van der Waals surface area (Å²) in [6.07, 6.45) is 3.89. The van der Waals surface area contributed by atoms with Crippen molar-refractivity contribution in [1.29, 1.82) is 0 Å². The minimum Gasteiger partial charge on any atom is -0.383 e. The molecule has 1 aliphatic heterocycles. The van der Waals surface area contributed by atoms with Gasteiger partial charge in [0.25, 0.3) is 0 Å². The predicted octanol–water partition coefficient (Wildman–Crippen LogP) is 2.33. The Bertz CT molecular complexity index is 557. The van der Waals surface area contributed by atoms with Gasteiger partial charge < -0.3 is 15.0 Å². The number of methoxy groups -OCH3 is 1. The number of likely N-dealkylation sites (tertiary alicyclic amines) is 1. The van der Waals surface area contributed by atoms with Crippen LogP contribution in [0.25, 0.3) is 0 Å². The molecule has 2 aliphatic rings. The molecule has 132 valence electrons. The second-order valence-electron chi connectivity index (χ2n) is 7.10. The zero-order chi connectivity index (χ0) is 17.0. The highest BCUT2D eigenvalue weighted by molar-refractivity contribution is 5.89. The molecule has 1 amide bonds. The molecule has 1 aromatic rings. The second-order valence-corrected chi connectivity index (χ2v) is 7.10. The van der Waals surface area contributed by atoms with Crippen molar-refractivity contribution in [3.63, 3.8) is 0 Å². The molecule has 0 unspecified atom stereocenters. The quantitative estimate of drug-likeness (QED) is 0.832. The number of nitrogens with one attached hydrogen (secondary N) is 1. The van der Waals surface area contributed by atoms with Crippen LogP contribution in [0.2, 0.25) is 0 Å². The molecule has 0 bridgehead atoms. The van der Waals surface area contributed by atoms with Crippen molar-refractivity contribution in [2.45, 2.75) is 31.1 Å². The average molecular weight is 334 g/mol. The molecule has 1 heterocycles. The van der Waals surface area contributed by atoms with Crippen molar-refractivity contribution >= 4 is 5.91 Å². The summed E-state index contributed by atoms with van der Waals surface area (Å²) in [5.41, 5.74) is 0.503. The lowest BCUT2D eigenvalue weighted by molar-refractivity contribution is -0.130. The summed E-state index contributed by atoms with van der Waals surface area (Å²) in [5, 5.41) is 3.17. The van der Waals surface area contributed by atoms with Crippen LogP contribution in [0, 0.1) is 11.7 Å². The number of hydrogen-bond donors (Lipinski definition) is 1. The first-order valence-electron chi connectivity index (χ1n) is 8.90. The molecule has 1 aromatic carbocycles. The summed E-state index contributed by atoms with van der Waals surface area (Å²) in [4.78, 5) is 15.2. The third kappa shape index (κ3) is 3.62. The Morgan fingerprint density at radius 2 is 2.12 bits per heavy atom. The molecule has 2 fully saturated rings. The van der Waals surface area contributed by atoms with Gasteiger partial charge in [-0.2, -0.15) is 0 Å². The Morgan fingerprint density at radius 1 is 1.38 bits per heavy atom. The van der Waals surface area contributed by atoms with Crippen LogP contribution >= 0.6 is 0 Å². The van der Waals surface area contributed by atoms with E-state index < -0.39 is 5.41 Å². The maximum absolute atomic E-state index is 13.2. The molecule has 0 aromatic heterocycles. The smallest absolute Gasteiger partial charge is 0.230 e. The Labute approximate surface area is 143 Å². The molecule has 5 heteroatoms. The fourth-order valence-electron chi connectivity index (χ4n) is 3.86. The number of hydrogen-bond acceptors (Lipinski definition) is 3. The van der Waals surface area contributed by atoms with Crippen LogP contribution in [-0.2, 0) is 14.9 Å². The van der Waals surface area contributed by atoms with Crippen LogP contribution in [0.5, 0.6) is 0 Å². The lowest BCUT2D eigenvalue weighted by Crippen LogP contribution is -2.50. The first-order valence-corrected chi connectivity index (χ1v) is 8.90. The first-order chi connectivity index (χ1) is 11.6. The largest absolute Gasteiger partial charge is 0.383 e. The zero-order valence-electron chi connectivity index (χ0n) is 14.4. The monoisotopic (exact) mass is 334 g/mol.